The Kier molecular flexibility index (Phi) is 3.67. The molecule has 2 saturated heterocycles. The molecular weight excluding hydrogens is 312 g/mol. The maximum absolute atomic E-state index is 12.4. The lowest BCUT2D eigenvalue weighted by Crippen LogP contribution is -2.48. The summed E-state index contributed by atoms with van der Waals surface area (Å²) in [6, 6.07) is 0.570. The highest BCUT2D eigenvalue weighted by atomic mass is 16.5. The predicted molar refractivity (Wildman–Crippen MR) is 97.2 cm³/mol. The van der Waals surface area contributed by atoms with Crippen LogP contribution in [0.1, 0.15) is 39.0 Å². The van der Waals surface area contributed by atoms with Crippen LogP contribution >= 0.6 is 0 Å². The van der Waals surface area contributed by atoms with Gasteiger partial charge < -0.3 is 4.74 Å². The average Bonchev–Trinajstić information content (AvgIpc) is 3.28. The lowest BCUT2D eigenvalue weighted by molar-refractivity contribution is -0.147. The average molecular weight is 340 g/mol. The van der Waals surface area contributed by atoms with Crippen LogP contribution in [-0.4, -0.2) is 42.8 Å². The van der Waals surface area contributed by atoms with E-state index in [0.717, 1.165) is 32.2 Å². The largest absolute Gasteiger partial charge is 0.469 e. The summed E-state index contributed by atoms with van der Waals surface area (Å²) in [5.41, 5.74) is 4.27. The lowest BCUT2D eigenvalue weighted by atomic mass is 9.75. The Morgan fingerprint density at radius 3 is 3.04 bits per heavy atom. The Labute approximate surface area is 150 Å². The number of piperidine rings is 1. The second-order valence-corrected chi connectivity index (χ2v) is 8.43. The summed E-state index contributed by atoms with van der Waals surface area (Å²) < 4.78 is 5.15. The number of esters is 1. The van der Waals surface area contributed by atoms with Crippen molar-refractivity contribution in [2.45, 2.75) is 45.1 Å². The van der Waals surface area contributed by atoms with Crippen LogP contribution < -0.4 is 0 Å². The fraction of sp³-hybridized carbons (Fsp3) is 0.714. The third-order valence-corrected chi connectivity index (χ3v) is 7.60. The number of rotatable bonds is 2. The van der Waals surface area contributed by atoms with Crippen molar-refractivity contribution in [3.05, 3.63) is 23.4 Å². The molecule has 134 valence electrons. The van der Waals surface area contributed by atoms with Gasteiger partial charge in [-0.2, -0.15) is 0 Å². The first-order valence-electron chi connectivity index (χ1n) is 10.0. The molecule has 0 aromatic heterocycles. The second kappa shape index (κ2) is 5.80. The van der Waals surface area contributed by atoms with E-state index in [4.69, 9.17) is 9.73 Å². The van der Waals surface area contributed by atoms with Crippen molar-refractivity contribution in [2.75, 3.05) is 20.2 Å². The summed E-state index contributed by atoms with van der Waals surface area (Å²) in [7, 11) is 1.54. The van der Waals surface area contributed by atoms with Gasteiger partial charge in [0.1, 0.15) is 0 Å². The molecule has 0 aromatic carbocycles. The highest BCUT2D eigenvalue weighted by Crippen LogP contribution is 2.55. The molecule has 4 heteroatoms. The Morgan fingerprint density at radius 1 is 1.36 bits per heavy atom. The minimum absolute atomic E-state index is 0.0180. The summed E-state index contributed by atoms with van der Waals surface area (Å²) in [5, 5.41) is 0. The summed E-state index contributed by atoms with van der Waals surface area (Å²) in [6.07, 6.45) is 10.1. The first kappa shape index (κ1) is 15.8. The van der Waals surface area contributed by atoms with Crippen LogP contribution in [0.5, 0.6) is 0 Å². The maximum Gasteiger partial charge on any atom is 0.308 e. The Hall–Kier alpha value is -1.42. The number of fused-ring (bicyclic) bond motifs is 6. The van der Waals surface area contributed by atoms with Crippen LogP contribution in [0.25, 0.3) is 0 Å². The first-order chi connectivity index (χ1) is 12.2. The van der Waals surface area contributed by atoms with Gasteiger partial charge in [-0.15, -0.1) is 0 Å². The van der Waals surface area contributed by atoms with Crippen molar-refractivity contribution in [3.63, 3.8) is 0 Å². The Bertz CT molecular complexity index is 692. The van der Waals surface area contributed by atoms with Gasteiger partial charge in [0.2, 0.25) is 0 Å². The molecule has 5 rings (SSSR count). The lowest BCUT2D eigenvalue weighted by Gasteiger charge is -2.39. The summed E-state index contributed by atoms with van der Waals surface area (Å²) in [4.78, 5) is 20.1. The molecule has 3 aliphatic heterocycles. The molecule has 4 nitrogen and oxygen atoms in total. The van der Waals surface area contributed by atoms with Gasteiger partial charge in [0.05, 0.1) is 18.7 Å². The van der Waals surface area contributed by atoms with Gasteiger partial charge in [0.15, 0.2) is 0 Å². The molecule has 1 saturated carbocycles. The van der Waals surface area contributed by atoms with Gasteiger partial charge >= 0.3 is 5.97 Å². The number of nitrogens with zero attached hydrogens (tertiary/aromatic N) is 2. The quantitative estimate of drug-likeness (QED) is 0.725. The Morgan fingerprint density at radius 2 is 2.24 bits per heavy atom. The highest BCUT2D eigenvalue weighted by Gasteiger charge is 2.58. The van der Waals surface area contributed by atoms with Gasteiger partial charge in [-0.05, 0) is 55.1 Å². The number of methoxy groups -OCH3 is 1. The van der Waals surface area contributed by atoms with Crippen molar-refractivity contribution in [3.8, 4) is 0 Å². The standard InChI is InChI=1S/C21H28N2O2/c1-3-12-15(21(24)25-2)10-14-16(12)11-23-9-8-18-19(20(14)23)13-6-4-5-7-17(13)22-18/h5,7,12,14-16,19-20H,3-4,6,8-11H2,1-2H3. The number of hydrogen-bond donors (Lipinski definition) is 0. The zero-order valence-corrected chi connectivity index (χ0v) is 15.3. The summed E-state index contributed by atoms with van der Waals surface area (Å²) in [6.45, 7) is 4.56. The molecule has 0 amide bonds. The van der Waals surface area contributed by atoms with E-state index in [1.54, 1.807) is 12.7 Å². The smallest absolute Gasteiger partial charge is 0.308 e. The van der Waals surface area contributed by atoms with Gasteiger partial charge in [0.25, 0.3) is 0 Å². The molecule has 25 heavy (non-hydrogen) atoms. The minimum atomic E-state index is 0.0180. The van der Waals surface area contributed by atoms with E-state index in [1.807, 2.05) is 0 Å². The molecular formula is C21H28N2O2. The molecule has 6 unspecified atom stereocenters. The van der Waals surface area contributed by atoms with E-state index in [-0.39, 0.29) is 11.9 Å². The first-order valence-corrected chi connectivity index (χ1v) is 10.0. The SMILES string of the molecule is CCC1C(C(=O)OC)CC2C1CN1CCC3=NC4=C(CCC=C4)C3C21. The fourth-order valence-electron chi connectivity index (χ4n) is 6.68. The third-order valence-electron chi connectivity index (χ3n) is 7.60. The summed E-state index contributed by atoms with van der Waals surface area (Å²) >= 11 is 0. The van der Waals surface area contributed by atoms with Crippen LogP contribution in [0.15, 0.2) is 28.4 Å². The van der Waals surface area contributed by atoms with Gasteiger partial charge in [0, 0.05) is 30.8 Å². The Balaban J connectivity index is 1.49. The minimum Gasteiger partial charge on any atom is -0.469 e. The molecule has 3 heterocycles. The van der Waals surface area contributed by atoms with Crippen LogP contribution in [-0.2, 0) is 9.53 Å². The van der Waals surface area contributed by atoms with Crippen LogP contribution in [0.3, 0.4) is 0 Å². The number of ether oxygens (including phenoxy) is 1. The zero-order chi connectivity index (χ0) is 17.1. The molecule has 0 spiro atoms. The number of aliphatic imine (C=N–C) groups is 1. The van der Waals surface area contributed by atoms with E-state index < -0.39 is 0 Å². The van der Waals surface area contributed by atoms with Crippen LogP contribution in [0, 0.1) is 29.6 Å². The number of carbonyl (C=O) groups is 1. The monoisotopic (exact) mass is 340 g/mol. The van der Waals surface area contributed by atoms with Gasteiger partial charge in [-0.1, -0.05) is 19.4 Å². The van der Waals surface area contributed by atoms with Crippen molar-refractivity contribution in [1.82, 2.24) is 4.90 Å². The second-order valence-electron chi connectivity index (χ2n) is 8.43. The molecule has 6 atom stereocenters. The number of hydrogen-bond acceptors (Lipinski definition) is 4. The highest BCUT2D eigenvalue weighted by molar-refractivity contribution is 5.95. The number of carbonyl (C=O) groups excluding carboxylic acids is 1. The molecule has 3 fully saturated rings. The van der Waals surface area contributed by atoms with Crippen molar-refractivity contribution in [1.29, 1.82) is 0 Å². The van der Waals surface area contributed by atoms with Gasteiger partial charge in [-0.3, -0.25) is 14.7 Å². The van der Waals surface area contributed by atoms with Crippen LogP contribution in [0.2, 0.25) is 0 Å². The van der Waals surface area contributed by atoms with E-state index >= 15 is 0 Å². The predicted octanol–water partition coefficient (Wildman–Crippen LogP) is 3.20. The van der Waals surface area contributed by atoms with E-state index in [1.165, 1.54) is 24.4 Å². The van der Waals surface area contributed by atoms with Crippen LogP contribution in [0.4, 0.5) is 0 Å². The molecule has 0 N–H and O–H groups in total. The molecule has 0 aromatic rings. The molecule has 0 radical (unpaired) electrons. The zero-order valence-electron chi connectivity index (χ0n) is 15.3. The third kappa shape index (κ3) is 2.16. The summed E-state index contributed by atoms with van der Waals surface area (Å²) in [5.74, 6) is 2.42. The molecule has 5 aliphatic rings. The van der Waals surface area contributed by atoms with E-state index in [0.29, 0.717) is 29.7 Å². The topological polar surface area (TPSA) is 41.9 Å². The number of allylic oxidation sites excluding steroid dienone is 2. The fourth-order valence-corrected chi connectivity index (χ4v) is 6.68. The van der Waals surface area contributed by atoms with E-state index in [2.05, 4.69) is 24.0 Å². The van der Waals surface area contributed by atoms with Crippen molar-refractivity contribution < 1.29 is 9.53 Å². The molecule has 2 aliphatic carbocycles. The maximum atomic E-state index is 12.4. The van der Waals surface area contributed by atoms with E-state index in [9.17, 15) is 4.79 Å². The van der Waals surface area contributed by atoms with Crippen molar-refractivity contribution in [2.24, 2.45) is 34.6 Å². The van der Waals surface area contributed by atoms with Crippen molar-refractivity contribution >= 4 is 11.7 Å². The van der Waals surface area contributed by atoms with Gasteiger partial charge in [-0.25, -0.2) is 0 Å². The molecule has 0 bridgehead atoms. The normalized spacial score (nSPS) is 41.9.